The zero-order valence-electron chi connectivity index (χ0n) is 7.29. The predicted octanol–water partition coefficient (Wildman–Crippen LogP) is 3.57. The van der Waals surface area contributed by atoms with E-state index in [1.807, 2.05) is 25.1 Å². The van der Waals surface area contributed by atoms with Gasteiger partial charge in [0, 0.05) is 26.0 Å². The molecule has 0 fully saturated rings. The van der Waals surface area contributed by atoms with Gasteiger partial charge in [0.15, 0.2) is 0 Å². The van der Waals surface area contributed by atoms with Crippen LogP contribution in [-0.2, 0) is 0 Å². The Balaban J connectivity index is 2.47. The Labute approximate surface area is 97.8 Å². The summed E-state index contributed by atoms with van der Waals surface area (Å²) in [6.45, 7) is 2.03. The van der Waals surface area contributed by atoms with Crippen molar-refractivity contribution in [2.24, 2.45) is 0 Å². The van der Waals surface area contributed by atoms with Crippen molar-refractivity contribution in [3.8, 4) is 11.5 Å². The van der Waals surface area contributed by atoms with Crippen LogP contribution in [0.4, 0.5) is 0 Å². The second kappa shape index (κ2) is 3.82. The molecule has 0 amide bonds. The van der Waals surface area contributed by atoms with Gasteiger partial charge in [-0.2, -0.15) is 0 Å². The predicted molar refractivity (Wildman–Crippen MR) is 59.9 cm³/mol. The summed E-state index contributed by atoms with van der Waals surface area (Å²) in [6, 6.07) is 5.90. The highest BCUT2D eigenvalue weighted by Gasteiger charge is 2.07. The quantitative estimate of drug-likeness (QED) is 0.807. The van der Waals surface area contributed by atoms with Gasteiger partial charge < -0.3 is 4.42 Å². The molecule has 0 aliphatic carbocycles. The molecule has 0 spiro atoms. The fourth-order valence-corrected chi connectivity index (χ4v) is 1.66. The lowest BCUT2D eigenvalue weighted by Crippen LogP contribution is -1.80. The van der Waals surface area contributed by atoms with Crippen molar-refractivity contribution < 1.29 is 4.42 Å². The van der Waals surface area contributed by atoms with Crippen LogP contribution in [-0.4, -0.2) is 10.2 Å². The summed E-state index contributed by atoms with van der Waals surface area (Å²) in [5.74, 6) is 0.512. The molecule has 0 atom stereocenters. The minimum absolute atomic E-state index is 0.393. The van der Waals surface area contributed by atoms with Crippen LogP contribution in [0.2, 0.25) is 0 Å². The normalized spacial score (nSPS) is 10.5. The first-order chi connectivity index (χ1) is 6.66. The Morgan fingerprint density at radius 3 is 2.57 bits per heavy atom. The van der Waals surface area contributed by atoms with Gasteiger partial charge in [-0.3, -0.25) is 0 Å². The van der Waals surface area contributed by atoms with E-state index < -0.39 is 0 Å². The highest BCUT2D eigenvalue weighted by atomic mass is 79.9. The molecule has 1 aromatic carbocycles. The molecule has 5 heteroatoms. The van der Waals surface area contributed by atoms with Crippen LogP contribution < -0.4 is 0 Å². The minimum atomic E-state index is 0.393. The van der Waals surface area contributed by atoms with E-state index in [1.165, 1.54) is 5.56 Å². The summed E-state index contributed by atoms with van der Waals surface area (Å²) in [5, 5.41) is 7.60. The molecule has 0 radical (unpaired) electrons. The lowest BCUT2D eigenvalue weighted by Gasteiger charge is -1.99. The molecule has 0 aliphatic rings. The van der Waals surface area contributed by atoms with Crippen LogP contribution >= 0.6 is 31.9 Å². The van der Waals surface area contributed by atoms with Crippen molar-refractivity contribution in [1.29, 1.82) is 0 Å². The number of aromatic nitrogens is 2. The first kappa shape index (κ1) is 9.86. The lowest BCUT2D eigenvalue weighted by molar-refractivity contribution is 0.540. The van der Waals surface area contributed by atoms with Crippen LogP contribution in [0.5, 0.6) is 0 Å². The van der Waals surface area contributed by atoms with Crippen molar-refractivity contribution in [2.45, 2.75) is 6.92 Å². The first-order valence-electron chi connectivity index (χ1n) is 3.92. The maximum Gasteiger partial charge on any atom is 0.285 e. The topological polar surface area (TPSA) is 38.9 Å². The smallest absolute Gasteiger partial charge is 0.285 e. The third-order valence-corrected chi connectivity index (χ3v) is 2.99. The van der Waals surface area contributed by atoms with Crippen LogP contribution in [0.15, 0.2) is 31.9 Å². The molecule has 72 valence electrons. The molecular formula is C9H6Br2N2O. The Morgan fingerprint density at radius 2 is 2.00 bits per heavy atom. The molecular weight excluding hydrogens is 312 g/mol. The van der Waals surface area contributed by atoms with Gasteiger partial charge in [0.1, 0.15) is 0 Å². The van der Waals surface area contributed by atoms with Gasteiger partial charge in [0.05, 0.1) is 0 Å². The summed E-state index contributed by atoms with van der Waals surface area (Å²) in [4.78, 5) is 0.393. The number of halogens is 2. The highest BCUT2D eigenvalue weighted by Crippen LogP contribution is 2.25. The number of rotatable bonds is 1. The van der Waals surface area contributed by atoms with Crippen molar-refractivity contribution in [3.63, 3.8) is 0 Å². The van der Waals surface area contributed by atoms with Gasteiger partial charge in [-0.05, 0) is 24.6 Å². The summed E-state index contributed by atoms with van der Waals surface area (Å²) in [7, 11) is 0. The van der Waals surface area contributed by atoms with Gasteiger partial charge in [-0.15, -0.1) is 10.2 Å². The Kier molecular flexibility index (Phi) is 2.69. The standard InChI is InChI=1S/C9H6Br2N2O/c1-5-2-3-6(4-7(5)10)8-12-13-9(11)14-8/h2-4H,1H3. The number of nitrogens with zero attached hydrogens (tertiary/aromatic N) is 2. The van der Waals surface area contributed by atoms with Crippen molar-refractivity contribution >= 4 is 31.9 Å². The summed E-state index contributed by atoms with van der Waals surface area (Å²) < 4.78 is 6.27. The molecule has 0 unspecified atom stereocenters. The number of hydrogen-bond acceptors (Lipinski definition) is 3. The summed E-state index contributed by atoms with van der Waals surface area (Å²) in [6.07, 6.45) is 0. The van der Waals surface area contributed by atoms with E-state index in [2.05, 4.69) is 42.1 Å². The SMILES string of the molecule is Cc1ccc(-c2nnc(Br)o2)cc1Br. The van der Waals surface area contributed by atoms with E-state index in [9.17, 15) is 0 Å². The van der Waals surface area contributed by atoms with Crippen LogP contribution in [0, 0.1) is 6.92 Å². The molecule has 0 N–H and O–H groups in total. The molecule has 1 aromatic heterocycles. The number of benzene rings is 1. The van der Waals surface area contributed by atoms with E-state index in [4.69, 9.17) is 4.42 Å². The number of hydrogen-bond donors (Lipinski definition) is 0. The van der Waals surface area contributed by atoms with Crippen LogP contribution in [0.1, 0.15) is 5.56 Å². The fourth-order valence-electron chi connectivity index (χ4n) is 1.05. The van der Waals surface area contributed by atoms with Crippen molar-refractivity contribution in [1.82, 2.24) is 10.2 Å². The molecule has 2 rings (SSSR count). The Bertz CT molecular complexity index is 468. The summed E-state index contributed by atoms with van der Waals surface area (Å²) in [5.41, 5.74) is 2.08. The maximum absolute atomic E-state index is 5.24. The van der Waals surface area contributed by atoms with Gasteiger partial charge >= 0.3 is 0 Å². The van der Waals surface area contributed by atoms with E-state index in [0.717, 1.165) is 10.0 Å². The molecule has 14 heavy (non-hydrogen) atoms. The summed E-state index contributed by atoms with van der Waals surface area (Å²) >= 11 is 6.56. The molecule has 0 aliphatic heterocycles. The average Bonchev–Trinajstić information content (AvgIpc) is 2.57. The van der Waals surface area contributed by atoms with Gasteiger partial charge in [0.25, 0.3) is 4.80 Å². The van der Waals surface area contributed by atoms with Crippen molar-refractivity contribution in [2.75, 3.05) is 0 Å². The van der Waals surface area contributed by atoms with Gasteiger partial charge in [-0.1, -0.05) is 22.0 Å². The van der Waals surface area contributed by atoms with Gasteiger partial charge in [0.2, 0.25) is 5.89 Å². The monoisotopic (exact) mass is 316 g/mol. The average molecular weight is 318 g/mol. The Hall–Kier alpha value is -0.680. The number of aryl methyl sites for hydroxylation is 1. The van der Waals surface area contributed by atoms with Crippen LogP contribution in [0.25, 0.3) is 11.5 Å². The zero-order valence-corrected chi connectivity index (χ0v) is 10.5. The first-order valence-corrected chi connectivity index (χ1v) is 5.51. The molecule has 3 nitrogen and oxygen atoms in total. The third kappa shape index (κ3) is 1.88. The Morgan fingerprint density at radius 1 is 1.21 bits per heavy atom. The third-order valence-electron chi connectivity index (χ3n) is 1.82. The maximum atomic E-state index is 5.24. The largest absolute Gasteiger partial charge is 0.411 e. The van der Waals surface area contributed by atoms with E-state index in [-0.39, 0.29) is 0 Å². The second-order valence-corrected chi connectivity index (χ2v) is 4.36. The molecule has 0 saturated heterocycles. The van der Waals surface area contributed by atoms with Crippen LogP contribution in [0.3, 0.4) is 0 Å². The second-order valence-electron chi connectivity index (χ2n) is 2.82. The molecule has 0 bridgehead atoms. The van der Waals surface area contributed by atoms with Crippen molar-refractivity contribution in [3.05, 3.63) is 33.0 Å². The fraction of sp³-hybridized carbons (Fsp3) is 0.111. The van der Waals surface area contributed by atoms with E-state index >= 15 is 0 Å². The highest BCUT2D eigenvalue weighted by molar-refractivity contribution is 9.10. The molecule has 1 heterocycles. The van der Waals surface area contributed by atoms with E-state index in [0.29, 0.717) is 10.7 Å². The van der Waals surface area contributed by atoms with E-state index in [1.54, 1.807) is 0 Å². The molecule has 0 saturated carbocycles. The zero-order chi connectivity index (χ0) is 10.1. The minimum Gasteiger partial charge on any atom is -0.411 e. The molecule has 2 aromatic rings. The van der Waals surface area contributed by atoms with Gasteiger partial charge in [-0.25, -0.2) is 0 Å². The lowest BCUT2D eigenvalue weighted by atomic mass is 10.1.